The Bertz CT molecular complexity index is 614. The lowest BCUT2D eigenvalue weighted by atomic mass is 10.2. The van der Waals surface area contributed by atoms with Crippen molar-refractivity contribution in [2.75, 3.05) is 11.9 Å². The molecule has 0 aliphatic heterocycles. The van der Waals surface area contributed by atoms with Crippen LogP contribution in [0.1, 0.15) is 5.82 Å². The summed E-state index contributed by atoms with van der Waals surface area (Å²) in [7, 11) is 0. The Morgan fingerprint density at radius 2 is 1.94 bits per heavy atom. The van der Waals surface area contributed by atoms with E-state index in [9.17, 15) is 0 Å². The third-order valence-electron chi connectivity index (χ3n) is 2.21. The van der Waals surface area contributed by atoms with Gasteiger partial charge < -0.3 is 5.32 Å². The van der Waals surface area contributed by atoms with E-state index < -0.39 is 3.79 Å². The summed E-state index contributed by atoms with van der Waals surface area (Å²) in [5.41, 5.74) is 0.688. The summed E-state index contributed by atoms with van der Waals surface area (Å²) >= 11 is 17.4. The first kappa shape index (κ1) is 13.2. The molecular weight excluding hydrogens is 293 g/mol. The number of rotatable bonds is 2. The van der Waals surface area contributed by atoms with Gasteiger partial charge in [-0.1, -0.05) is 52.9 Å². The average molecular weight is 301 g/mol. The lowest BCUT2D eigenvalue weighted by Gasteiger charge is -2.13. The number of hydrogen-bond acceptors (Lipinski definition) is 3. The fourth-order valence-corrected chi connectivity index (χ4v) is 1.73. The van der Waals surface area contributed by atoms with Gasteiger partial charge in [-0.25, -0.2) is 9.97 Å². The van der Waals surface area contributed by atoms with Crippen molar-refractivity contribution in [3.05, 3.63) is 30.1 Å². The summed E-state index contributed by atoms with van der Waals surface area (Å²) in [5, 5.41) is 3.81. The van der Waals surface area contributed by atoms with Crippen LogP contribution in [0.2, 0.25) is 0 Å². The molecule has 2 rings (SSSR count). The van der Waals surface area contributed by atoms with Gasteiger partial charge in [0.05, 0.1) is 12.1 Å². The Hall–Kier alpha value is -1.21. The van der Waals surface area contributed by atoms with Crippen molar-refractivity contribution in [2.24, 2.45) is 0 Å². The Morgan fingerprint density at radius 3 is 2.61 bits per heavy atom. The van der Waals surface area contributed by atoms with Crippen LogP contribution in [0.4, 0.5) is 5.82 Å². The number of aromatic nitrogens is 2. The highest BCUT2D eigenvalue weighted by Gasteiger charge is 2.27. The van der Waals surface area contributed by atoms with Gasteiger partial charge in [-0.05, 0) is 12.1 Å². The number of alkyl halides is 3. The number of anilines is 1. The first-order valence-electron chi connectivity index (χ1n) is 5.03. The Labute approximate surface area is 119 Å². The molecular formula is C12H8Cl3N3. The van der Waals surface area contributed by atoms with Crippen molar-refractivity contribution in [1.29, 1.82) is 0 Å². The zero-order valence-electron chi connectivity index (χ0n) is 9.12. The van der Waals surface area contributed by atoms with Crippen LogP contribution in [-0.2, 0) is 3.79 Å². The predicted octanol–water partition coefficient (Wildman–Crippen LogP) is 3.50. The standard InChI is InChI=1S/C12H8Cl3N3/c1-2-7-16-10-8-5-3-4-6-9(8)17-11(18-10)12(13,14)15/h1,3-6H,7H2,(H,16,17,18). The molecule has 0 amide bonds. The van der Waals surface area contributed by atoms with Crippen molar-refractivity contribution in [2.45, 2.75) is 3.79 Å². The number of nitrogens with zero attached hydrogens (tertiary/aromatic N) is 2. The molecule has 2 aromatic rings. The van der Waals surface area contributed by atoms with Gasteiger partial charge in [0.1, 0.15) is 5.82 Å². The molecule has 1 heterocycles. The van der Waals surface area contributed by atoms with Crippen LogP contribution in [0.15, 0.2) is 24.3 Å². The number of nitrogens with one attached hydrogen (secondary N) is 1. The molecule has 0 aliphatic carbocycles. The highest BCUT2D eigenvalue weighted by molar-refractivity contribution is 6.66. The van der Waals surface area contributed by atoms with Crippen LogP contribution in [0, 0.1) is 12.3 Å². The molecule has 6 heteroatoms. The maximum atomic E-state index is 5.80. The van der Waals surface area contributed by atoms with Crippen molar-refractivity contribution in [1.82, 2.24) is 9.97 Å². The first-order valence-corrected chi connectivity index (χ1v) is 6.17. The van der Waals surface area contributed by atoms with Gasteiger partial charge in [0.25, 0.3) is 0 Å². The minimum absolute atomic E-state index is 0.116. The van der Waals surface area contributed by atoms with E-state index >= 15 is 0 Å². The van der Waals surface area contributed by atoms with Crippen molar-refractivity contribution in [3.63, 3.8) is 0 Å². The average Bonchev–Trinajstić information content (AvgIpc) is 2.34. The van der Waals surface area contributed by atoms with Gasteiger partial charge in [0.15, 0.2) is 5.82 Å². The fourth-order valence-electron chi connectivity index (χ4n) is 1.47. The number of halogens is 3. The lowest BCUT2D eigenvalue weighted by molar-refractivity contribution is 0.994. The topological polar surface area (TPSA) is 37.8 Å². The second-order valence-electron chi connectivity index (χ2n) is 3.47. The molecule has 0 fully saturated rings. The number of hydrogen-bond donors (Lipinski definition) is 1. The van der Waals surface area contributed by atoms with Gasteiger partial charge in [-0.2, -0.15) is 0 Å². The van der Waals surface area contributed by atoms with Gasteiger partial charge in [-0.3, -0.25) is 0 Å². The number of para-hydroxylation sites is 1. The van der Waals surface area contributed by atoms with Gasteiger partial charge in [-0.15, -0.1) is 6.42 Å². The van der Waals surface area contributed by atoms with E-state index in [1.807, 2.05) is 24.3 Å². The molecule has 0 saturated carbocycles. The Balaban J connectivity index is 2.61. The minimum Gasteiger partial charge on any atom is -0.359 e. The van der Waals surface area contributed by atoms with E-state index in [0.717, 1.165) is 5.39 Å². The van der Waals surface area contributed by atoms with Crippen LogP contribution < -0.4 is 5.32 Å². The minimum atomic E-state index is -1.67. The summed E-state index contributed by atoms with van der Waals surface area (Å²) < 4.78 is -1.67. The van der Waals surface area contributed by atoms with E-state index in [1.54, 1.807) is 0 Å². The van der Waals surface area contributed by atoms with E-state index in [4.69, 9.17) is 41.2 Å². The molecule has 1 aromatic carbocycles. The maximum absolute atomic E-state index is 5.80. The zero-order valence-corrected chi connectivity index (χ0v) is 11.4. The Kier molecular flexibility index (Phi) is 3.82. The Morgan fingerprint density at radius 1 is 1.22 bits per heavy atom. The molecule has 18 heavy (non-hydrogen) atoms. The van der Waals surface area contributed by atoms with E-state index in [0.29, 0.717) is 17.9 Å². The third-order valence-corrected chi connectivity index (χ3v) is 2.72. The predicted molar refractivity (Wildman–Crippen MR) is 76.1 cm³/mol. The summed E-state index contributed by atoms with van der Waals surface area (Å²) in [4.78, 5) is 8.41. The molecule has 0 radical (unpaired) electrons. The number of fused-ring (bicyclic) bond motifs is 1. The van der Waals surface area contributed by atoms with Crippen LogP contribution in [0.3, 0.4) is 0 Å². The molecule has 0 aliphatic rings. The van der Waals surface area contributed by atoms with Gasteiger partial charge in [0.2, 0.25) is 3.79 Å². The van der Waals surface area contributed by atoms with E-state index in [1.165, 1.54) is 0 Å². The number of benzene rings is 1. The SMILES string of the molecule is C#CCNc1nc(C(Cl)(Cl)Cl)nc2ccccc12. The molecule has 3 nitrogen and oxygen atoms in total. The zero-order chi connectivity index (χ0) is 13.2. The second kappa shape index (κ2) is 5.19. The lowest BCUT2D eigenvalue weighted by Crippen LogP contribution is -2.11. The molecule has 1 N–H and O–H groups in total. The first-order chi connectivity index (χ1) is 8.52. The second-order valence-corrected chi connectivity index (χ2v) is 5.75. The van der Waals surface area contributed by atoms with Crippen molar-refractivity contribution < 1.29 is 0 Å². The van der Waals surface area contributed by atoms with E-state index in [-0.39, 0.29) is 5.82 Å². The summed E-state index contributed by atoms with van der Waals surface area (Å²) in [6.07, 6.45) is 5.21. The summed E-state index contributed by atoms with van der Waals surface area (Å²) in [5.74, 6) is 3.14. The van der Waals surface area contributed by atoms with Crippen molar-refractivity contribution in [3.8, 4) is 12.3 Å². The van der Waals surface area contributed by atoms with Crippen LogP contribution in [0.25, 0.3) is 10.9 Å². The maximum Gasteiger partial charge on any atom is 0.250 e. The normalized spacial score (nSPS) is 11.2. The molecule has 0 atom stereocenters. The van der Waals surface area contributed by atoms with Crippen LogP contribution in [-0.4, -0.2) is 16.5 Å². The molecule has 1 aromatic heterocycles. The van der Waals surface area contributed by atoms with Gasteiger partial charge >= 0.3 is 0 Å². The fraction of sp³-hybridized carbons (Fsp3) is 0.167. The van der Waals surface area contributed by atoms with Crippen LogP contribution >= 0.6 is 34.8 Å². The van der Waals surface area contributed by atoms with Crippen LogP contribution in [0.5, 0.6) is 0 Å². The smallest absolute Gasteiger partial charge is 0.250 e. The van der Waals surface area contributed by atoms with E-state index in [2.05, 4.69) is 21.2 Å². The summed E-state index contributed by atoms with van der Waals surface area (Å²) in [6, 6.07) is 7.42. The summed E-state index contributed by atoms with van der Waals surface area (Å²) in [6.45, 7) is 0.334. The largest absolute Gasteiger partial charge is 0.359 e. The molecule has 0 bridgehead atoms. The molecule has 0 spiro atoms. The van der Waals surface area contributed by atoms with Gasteiger partial charge in [0, 0.05) is 5.39 Å². The highest BCUT2D eigenvalue weighted by Crippen LogP contribution is 2.37. The highest BCUT2D eigenvalue weighted by atomic mass is 35.6. The molecule has 0 saturated heterocycles. The molecule has 0 unspecified atom stereocenters. The number of terminal acetylenes is 1. The monoisotopic (exact) mass is 299 g/mol. The van der Waals surface area contributed by atoms with Crippen molar-refractivity contribution >= 4 is 51.5 Å². The molecule has 92 valence electrons. The quantitative estimate of drug-likeness (QED) is 0.681. The third kappa shape index (κ3) is 2.78.